The Hall–Kier alpha value is -2.03. The number of hydrogen-bond donors (Lipinski definition) is 1. The van der Waals surface area contributed by atoms with Gasteiger partial charge in [0.2, 0.25) is 0 Å². The van der Waals surface area contributed by atoms with Crippen LogP contribution in [0.2, 0.25) is 0 Å². The number of aromatic hydroxyl groups is 1. The van der Waals surface area contributed by atoms with Crippen LogP contribution in [-0.4, -0.2) is 5.11 Å². The fraction of sp³-hybridized carbons (Fsp3) is 0.450. The molecule has 1 fully saturated rings. The first-order valence-corrected chi connectivity index (χ1v) is 8.61. The first-order valence-electron chi connectivity index (χ1n) is 8.61. The molecule has 1 aliphatic rings. The molecule has 0 bridgehead atoms. The van der Waals surface area contributed by atoms with E-state index in [1.807, 2.05) is 30.3 Å². The van der Waals surface area contributed by atoms with Gasteiger partial charge in [-0.05, 0) is 30.7 Å². The highest BCUT2D eigenvalue weighted by molar-refractivity contribution is 5.41. The minimum atomic E-state index is -0.378. The van der Waals surface area contributed by atoms with Crippen molar-refractivity contribution in [3.63, 3.8) is 0 Å². The van der Waals surface area contributed by atoms with Gasteiger partial charge in [0.15, 0.2) is 0 Å². The minimum absolute atomic E-state index is 0.0582. The Balaban J connectivity index is 1.93. The second-order valence-electron chi connectivity index (χ2n) is 6.48. The standard InChI is InChI=1S/C20H24O3/c1-2-3-5-10-16-13-17(21)19(20(22)23-16)18(15-11-12-15)14-8-6-4-7-9-14/h4,6-9,13,15,18,21H,2-3,5,10-12H2,1H3. The summed E-state index contributed by atoms with van der Waals surface area (Å²) < 4.78 is 5.50. The van der Waals surface area contributed by atoms with Crippen molar-refractivity contribution in [2.75, 3.05) is 0 Å². The van der Waals surface area contributed by atoms with Crippen LogP contribution in [0, 0.1) is 5.92 Å². The summed E-state index contributed by atoms with van der Waals surface area (Å²) in [6, 6.07) is 11.6. The Morgan fingerprint density at radius 3 is 2.57 bits per heavy atom. The lowest BCUT2D eigenvalue weighted by molar-refractivity contribution is 0.400. The maximum Gasteiger partial charge on any atom is 0.343 e. The molecule has 0 radical (unpaired) electrons. The fourth-order valence-electron chi connectivity index (χ4n) is 3.26. The van der Waals surface area contributed by atoms with Gasteiger partial charge in [-0.1, -0.05) is 50.1 Å². The molecule has 1 N–H and O–H groups in total. The van der Waals surface area contributed by atoms with Crippen molar-refractivity contribution in [1.82, 2.24) is 0 Å². The van der Waals surface area contributed by atoms with E-state index < -0.39 is 0 Å². The zero-order chi connectivity index (χ0) is 16.2. The quantitative estimate of drug-likeness (QED) is 0.759. The molecule has 0 spiro atoms. The highest BCUT2D eigenvalue weighted by Gasteiger charge is 2.37. The van der Waals surface area contributed by atoms with Crippen molar-refractivity contribution in [2.24, 2.45) is 5.92 Å². The summed E-state index contributed by atoms with van der Waals surface area (Å²) in [6.45, 7) is 2.14. The van der Waals surface area contributed by atoms with Gasteiger partial charge in [0.05, 0.1) is 5.56 Å². The van der Waals surface area contributed by atoms with Crippen LogP contribution in [-0.2, 0) is 6.42 Å². The minimum Gasteiger partial charge on any atom is -0.507 e. The van der Waals surface area contributed by atoms with Gasteiger partial charge in [-0.3, -0.25) is 0 Å². The summed E-state index contributed by atoms with van der Waals surface area (Å²) in [4.78, 5) is 12.5. The van der Waals surface area contributed by atoms with Gasteiger partial charge in [0.1, 0.15) is 11.5 Å². The molecule has 23 heavy (non-hydrogen) atoms. The van der Waals surface area contributed by atoms with E-state index in [1.54, 1.807) is 6.07 Å². The summed E-state index contributed by atoms with van der Waals surface area (Å²) in [5.41, 5.74) is 1.13. The third-order valence-corrected chi connectivity index (χ3v) is 4.61. The van der Waals surface area contributed by atoms with Crippen LogP contribution in [0.5, 0.6) is 5.75 Å². The Labute approximate surface area is 137 Å². The second-order valence-corrected chi connectivity index (χ2v) is 6.48. The third kappa shape index (κ3) is 3.66. The molecule has 1 atom stereocenters. The van der Waals surface area contributed by atoms with E-state index in [-0.39, 0.29) is 17.3 Å². The SMILES string of the molecule is CCCCCc1cc(O)c(C(c2ccccc2)C2CC2)c(=O)o1. The summed E-state index contributed by atoms with van der Waals surface area (Å²) in [6.07, 6.45) is 6.08. The first kappa shape index (κ1) is 15.9. The molecule has 3 rings (SSSR count). The van der Waals surface area contributed by atoms with Crippen LogP contribution in [0.1, 0.15) is 61.8 Å². The molecule has 1 heterocycles. The van der Waals surface area contributed by atoms with E-state index in [9.17, 15) is 9.90 Å². The fourth-order valence-corrected chi connectivity index (χ4v) is 3.26. The van der Waals surface area contributed by atoms with Gasteiger partial charge in [0.25, 0.3) is 0 Å². The zero-order valence-electron chi connectivity index (χ0n) is 13.6. The molecular formula is C20H24O3. The van der Waals surface area contributed by atoms with Gasteiger partial charge in [-0.2, -0.15) is 0 Å². The molecule has 3 heteroatoms. The van der Waals surface area contributed by atoms with Gasteiger partial charge < -0.3 is 9.52 Å². The van der Waals surface area contributed by atoms with Gasteiger partial charge >= 0.3 is 5.63 Å². The highest BCUT2D eigenvalue weighted by atomic mass is 16.4. The highest BCUT2D eigenvalue weighted by Crippen LogP contribution is 2.47. The lowest BCUT2D eigenvalue weighted by Crippen LogP contribution is -2.16. The van der Waals surface area contributed by atoms with Crippen molar-refractivity contribution in [1.29, 1.82) is 0 Å². The molecule has 1 aliphatic carbocycles. The summed E-state index contributed by atoms with van der Waals surface area (Å²) in [5, 5.41) is 10.5. The molecule has 0 saturated heterocycles. The van der Waals surface area contributed by atoms with Crippen LogP contribution >= 0.6 is 0 Å². The van der Waals surface area contributed by atoms with Crippen molar-refractivity contribution < 1.29 is 9.52 Å². The molecule has 3 nitrogen and oxygen atoms in total. The summed E-state index contributed by atoms with van der Waals surface area (Å²) in [7, 11) is 0. The molecule has 0 aliphatic heterocycles. The Kier molecular flexibility index (Phi) is 4.85. The smallest absolute Gasteiger partial charge is 0.343 e. The molecule has 1 aromatic heterocycles. The second kappa shape index (κ2) is 7.03. The average molecular weight is 312 g/mol. The molecule has 2 aromatic rings. The van der Waals surface area contributed by atoms with E-state index in [0.29, 0.717) is 23.7 Å². The average Bonchev–Trinajstić information content (AvgIpc) is 3.36. The summed E-state index contributed by atoms with van der Waals surface area (Å²) in [5.74, 6) is 1.05. The topological polar surface area (TPSA) is 50.4 Å². The normalized spacial score (nSPS) is 15.5. The maximum absolute atomic E-state index is 12.5. The Bertz CT molecular complexity index is 699. The van der Waals surface area contributed by atoms with Gasteiger partial charge in [-0.25, -0.2) is 4.79 Å². The largest absolute Gasteiger partial charge is 0.507 e. The predicted octanol–water partition coefficient (Wildman–Crippen LogP) is 4.62. The van der Waals surface area contributed by atoms with E-state index in [4.69, 9.17) is 4.42 Å². The van der Waals surface area contributed by atoms with Gasteiger partial charge in [0, 0.05) is 18.4 Å². The lowest BCUT2D eigenvalue weighted by atomic mass is 9.87. The van der Waals surface area contributed by atoms with Crippen molar-refractivity contribution >= 4 is 0 Å². The first-order chi connectivity index (χ1) is 11.2. The van der Waals surface area contributed by atoms with E-state index in [2.05, 4.69) is 6.92 Å². The number of unbranched alkanes of at least 4 members (excludes halogenated alkanes) is 2. The van der Waals surface area contributed by atoms with E-state index in [1.165, 1.54) is 0 Å². The van der Waals surface area contributed by atoms with Crippen LogP contribution in [0.3, 0.4) is 0 Å². The molecule has 1 saturated carbocycles. The van der Waals surface area contributed by atoms with Gasteiger partial charge in [-0.15, -0.1) is 0 Å². The Morgan fingerprint density at radius 1 is 1.22 bits per heavy atom. The molecule has 1 aromatic carbocycles. The van der Waals surface area contributed by atoms with E-state index in [0.717, 1.165) is 37.7 Å². The molecule has 0 amide bonds. The van der Waals surface area contributed by atoms with Crippen molar-refractivity contribution in [3.8, 4) is 5.75 Å². The molecule has 122 valence electrons. The molecular weight excluding hydrogens is 288 g/mol. The van der Waals surface area contributed by atoms with Crippen LogP contribution in [0.4, 0.5) is 0 Å². The number of aryl methyl sites for hydroxylation is 1. The predicted molar refractivity (Wildman–Crippen MR) is 90.9 cm³/mol. The maximum atomic E-state index is 12.5. The van der Waals surface area contributed by atoms with Crippen LogP contribution < -0.4 is 5.63 Å². The number of hydrogen-bond acceptors (Lipinski definition) is 3. The summed E-state index contributed by atoms with van der Waals surface area (Å²) >= 11 is 0. The van der Waals surface area contributed by atoms with Crippen LogP contribution in [0.25, 0.3) is 0 Å². The van der Waals surface area contributed by atoms with Crippen LogP contribution in [0.15, 0.2) is 45.6 Å². The van der Waals surface area contributed by atoms with Crippen molar-refractivity contribution in [2.45, 2.75) is 51.4 Å². The van der Waals surface area contributed by atoms with Crippen molar-refractivity contribution in [3.05, 3.63) is 63.7 Å². The monoisotopic (exact) mass is 312 g/mol. The number of rotatable bonds is 7. The Morgan fingerprint density at radius 2 is 1.96 bits per heavy atom. The van der Waals surface area contributed by atoms with E-state index >= 15 is 0 Å². The molecule has 1 unspecified atom stereocenters. The number of benzene rings is 1. The lowest BCUT2D eigenvalue weighted by Gasteiger charge is -2.17. The third-order valence-electron chi connectivity index (χ3n) is 4.61. The zero-order valence-corrected chi connectivity index (χ0v) is 13.6.